The van der Waals surface area contributed by atoms with Crippen LogP contribution in [0.2, 0.25) is 5.02 Å². The van der Waals surface area contributed by atoms with E-state index in [1.165, 1.54) is 0 Å². The lowest BCUT2D eigenvalue weighted by molar-refractivity contribution is -0.127. The topological polar surface area (TPSA) is 80.1 Å². The highest BCUT2D eigenvalue weighted by molar-refractivity contribution is 6.32. The molecule has 0 unspecified atom stereocenters. The number of rotatable bonds is 6. The lowest BCUT2D eigenvalue weighted by Gasteiger charge is -2.23. The molecule has 1 saturated carbocycles. The number of carbonyl (C=O) groups excluding carboxylic acids is 1. The van der Waals surface area contributed by atoms with Gasteiger partial charge in [-0.25, -0.2) is 0 Å². The van der Waals surface area contributed by atoms with E-state index in [0.29, 0.717) is 23.1 Å². The van der Waals surface area contributed by atoms with Crippen LogP contribution in [0.15, 0.2) is 28.8 Å². The zero-order valence-electron chi connectivity index (χ0n) is 14.5. The molecule has 1 aliphatic rings. The van der Waals surface area contributed by atoms with Crippen molar-refractivity contribution in [1.82, 2.24) is 15.5 Å². The summed E-state index contributed by atoms with van der Waals surface area (Å²) in [6.45, 7) is 2.60. The summed E-state index contributed by atoms with van der Waals surface area (Å²) in [4.78, 5) is 15.3. The predicted molar refractivity (Wildman–Crippen MR) is 98.1 cm³/mol. The van der Waals surface area contributed by atoms with Gasteiger partial charge in [0.05, 0.1) is 17.3 Å². The second-order valence-corrected chi connectivity index (χ2v) is 7.14. The van der Waals surface area contributed by atoms with Gasteiger partial charge in [-0.1, -0.05) is 23.2 Å². The Kier molecular flexibility index (Phi) is 4.59. The minimum atomic E-state index is 0.138. The van der Waals surface area contributed by atoms with Gasteiger partial charge in [-0.05, 0) is 31.9 Å². The van der Waals surface area contributed by atoms with Crippen LogP contribution in [0.3, 0.4) is 0 Å². The van der Waals surface area contributed by atoms with Crippen LogP contribution in [0.5, 0.6) is 5.75 Å². The number of fused-ring (bicyclic) bond motifs is 1. The SMILES string of the molecule is Cc1cc(COc2cc3[nH]c(CNC(=O)C4CCC4)cc3cc2Cl)on1. The smallest absolute Gasteiger partial charge is 0.223 e. The number of benzene rings is 1. The number of H-pyrrole nitrogens is 1. The molecule has 136 valence electrons. The molecule has 0 bridgehead atoms. The van der Waals surface area contributed by atoms with Gasteiger partial charge < -0.3 is 19.6 Å². The number of aryl methyl sites for hydroxylation is 1. The first-order valence-electron chi connectivity index (χ1n) is 8.72. The van der Waals surface area contributed by atoms with Crippen molar-refractivity contribution in [2.24, 2.45) is 5.92 Å². The first-order valence-corrected chi connectivity index (χ1v) is 9.10. The zero-order chi connectivity index (χ0) is 18.1. The highest BCUT2D eigenvalue weighted by Gasteiger charge is 2.24. The van der Waals surface area contributed by atoms with Gasteiger partial charge in [-0.2, -0.15) is 0 Å². The molecule has 1 aliphatic carbocycles. The highest BCUT2D eigenvalue weighted by atomic mass is 35.5. The lowest BCUT2D eigenvalue weighted by atomic mass is 9.85. The summed E-state index contributed by atoms with van der Waals surface area (Å²) in [5.74, 6) is 1.54. The molecule has 0 spiro atoms. The normalized spacial score (nSPS) is 14.4. The van der Waals surface area contributed by atoms with E-state index in [0.717, 1.165) is 41.6 Å². The summed E-state index contributed by atoms with van der Waals surface area (Å²) < 4.78 is 10.9. The first kappa shape index (κ1) is 17.0. The van der Waals surface area contributed by atoms with Crippen LogP contribution in [0.4, 0.5) is 0 Å². The Labute approximate surface area is 155 Å². The predicted octanol–water partition coefficient (Wildman–Crippen LogP) is 4.11. The summed E-state index contributed by atoms with van der Waals surface area (Å²) in [5.41, 5.74) is 2.65. The van der Waals surface area contributed by atoms with Crippen LogP contribution in [-0.4, -0.2) is 16.0 Å². The van der Waals surface area contributed by atoms with Crippen molar-refractivity contribution >= 4 is 28.4 Å². The fourth-order valence-corrected chi connectivity index (χ4v) is 3.26. The molecule has 0 radical (unpaired) electrons. The third-order valence-electron chi connectivity index (χ3n) is 4.70. The van der Waals surface area contributed by atoms with Crippen molar-refractivity contribution in [2.75, 3.05) is 0 Å². The van der Waals surface area contributed by atoms with Crippen LogP contribution in [0, 0.1) is 12.8 Å². The standard InChI is InChI=1S/C19H20ClN3O3/c1-11-5-15(26-23-11)10-25-18-8-17-13(7-16(18)20)6-14(22-17)9-21-19(24)12-3-2-4-12/h5-8,12,22H,2-4,9-10H2,1H3,(H,21,24). The molecule has 2 heterocycles. The van der Waals surface area contributed by atoms with Crippen molar-refractivity contribution in [1.29, 1.82) is 0 Å². The number of aromatic amines is 1. The average molecular weight is 374 g/mol. The zero-order valence-corrected chi connectivity index (χ0v) is 15.2. The molecule has 1 fully saturated rings. The van der Waals surface area contributed by atoms with Crippen LogP contribution in [-0.2, 0) is 17.9 Å². The van der Waals surface area contributed by atoms with Crippen LogP contribution >= 0.6 is 11.6 Å². The van der Waals surface area contributed by atoms with Crippen LogP contribution in [0.25, 0.3) is 10.9 Å². The molecule has 2 N–H and O–H groups in total. The third-order valence-corrected chi connectivity index (χ3v) is 5.00. The van der Waals surface area contributed by atoms with E-state index in [2.05, 4.69) is 15.5 Å². The van der Waals surface area contributed by atoms with Gasteiger partial charge in [0.25, 0.3) is 0 Å². The maximum absolute atomic E-state index is 12.0. The Morgan fingerprint density at radius 2 is 2.23 bits per heavy atom. The molecule has 0 aliphatic heterocycles. The van der Waals surface area contributed by atoms with Crippen molar-refractivity contribution in [3.8, 4) is 5.75 Å². The number of nitrogens with one attached hydrogen (secondary N) is 2. The molecule has 6 nitrogen and oxygen atoms in total. The summed E-state index contributed by atoms with van der Waals surface area (Å²) in [7, 11) is 0. The Bertz CT molecular complexity index is 943. The number of ether oxygens (including phenoxy) is 1. The van der Waals surface area contributed by atoms with E-state index in [1.54, 1.807) is 0 Å². The Morgan fingerprint density at radius 1 is 1.38 bits per heavy atom. The number of nitrogens with zero attached hydrogens (tertiary/aromatic N) is 1. The number of carbonyl (C=O) groups is 1. The molecule has 1 aromatic carbocycles. The van der Waals surface area contributed by atoms with Crippen molar-refractivity contribution in [2.45, 2.75) is 39.3 Å². The second kappa shape index (κ2) is 7.03. The molecule has 3 aromatic rings. The van der Waals surface area contributed by atoms with Gasteiger partial charge in [0.15, 0.2) is 5.76 Å². The molecule has 0 saturated heterocycles. The van der Waals surface area contributed by atoms with Crippen molar-refractivity contribution in [3.63, 3.8) is 0 Å². The monoisotopic (exact) mass is 373 g/mol. The quantitative estimate of drug-likeness (QED) is 0.681. The highest BCUT2D eigenvalue weighted by Crippen LogP contribution is 2.31. The van der Waals surface area contributed by atoms with Crippen LogP contribution < -0.4 is 10.1 Å². The molecule has 2 aromatic heterocycles. The minimum Gasteiger partial charge on any atom is -0.484 e. The van der Waals surface area contributed by atoms with Gasteiger partial charge in [0.2, 0.25) is 5.91 Å². The van der Waals surface area contributed by atoms with Crippen molar-refractivity contribution in [3.05, 3.63) is 46.4 Å². The molecule has 26 heavy (non-hydrogen) atoms. The molecular weight excluding hydrogens is 354 g/mol. The van der Waals surface area contributed by atoms with Gasteiger partial charge in [0, 0.05) is 34.6 Å². The summed E-state index contributed by atoms with van der Waals surface area (Å²) in [5, 5.41) is 8.32. The number of hydrogen-bond donors (Lipinski definition) is 2. The Balaban J connectivity index is 1.44. The number of amides is 1. The Hall–Kier alpha value is -2.47. The van der Waals surface area contributed by atoms with E-state index in [1.807, 2.05) is 31.2 Å². The summed E-state index contributed by atoms with van der Waals surface area (Å²) >= 11 is 6.32. The number of halogens is 1. The molecule has 1 amide bonds. The van der Waals surface area contributed by atoms with E-state index >= 15 is 0 Å². The summed E-state index contributed by atoms with van der Waals surface area (Å²) in [6.07, 6.45) is 3.15. The largest absolute Gasteiger partial charge is 0.484 e. The van der Waals surface area contributed by atoms with E-state index in [4.69, 9.17) is 20.9 Å². The number of aromatic nitrogens is 2. The maximum Gasteiger partial charge on any atom is 0.223 e. The fourth-order valence-electron chi connectivity index (χ4n) is 3.03. The lowest BCUT2D eigenvalue weighted by Crippen LogP contribution is -2.34. The van der Waals surface area contributed by atoms with Crippen LogP contribution in [0.1, 0.15) is 36.4 Å². The van der Waals surface area contributed by atoms with Gasteiger partial charge in [-0.3, -0.25) is 4.79 Å². The molecule has 0 atom stereocenters. The van der Waals surface area contributed by atoms with E-state index < -0.39 is 0 Å². The molecular formula is C19H20ClN3O3. The Morgan fingerprint density at radius 3 is 2.92 bits per heavy atom. The average Bonchev–Trinajstić information content (AvgIpc) is 3.14. The second-order valence-electron chi connectivity index (χ2n) is 6.73. The first-order chi connectivity index (χ1) is 12.6. The molecule has 7 heteroatoms. The summed E-state index contributed by atoms with van der Waals surface area (Å²) in [6, 6.07) is 7.53. The van der Waals surface area contributed by atoms with Gasteiger partial charge in [0.1, 0.15) is 12.4 Å². The van der Waals surface area contributed by atoms with E-state index in [-0.39, 0.29) is 18.4 Å². The minimum absolute atomic E-state index is 0.138. The van der Waals surface area contributed by atoms with E-state index in [9.17, 15) is 4.79 Å². The molecule has 4 rings (SSSR count). The fraction of sp³-hybridized carbons (Fsp3) is 0.368. The van der Waals surface area contributed by atoms with Gasteiger partial charge >= 0.3 is 0 Å². The van der Waals surface area contributed by atoms with Crippen molar-refractivity contribution < 1.29 is 14.1 Å². The third kappa shape index (κ3) is 3.55. The van der Waals surface area contributed by atoms with Gasteiger partial charge in [-0.15, -0.1) is 0 Å². The maximum atomic E-state index is 12.0. The number of hydrogen-bond acceptors (Lipinski definition) is 4.